The Morgan fingerprint density at radius 3 is 1.16 bits per heavy atom. The standard InChI is InChI=1S/C23H29FN2O3Si.C21H27FN2O2Si.C8H10.C6H15N.C5H10.C4H10.C4H8.C3H8.C2H3ClO.C2H6/c1-15(27)25-20-21(26(22(20)28)18-11-9-17(24)10-12-18)16-7-13-19(14-8-16)29-30(5,6)23(2,3)4;1-21(2,3)27(4,5)26-17-12-6-14(7-13-17)19-18(23)20(25)24(19)16-10-8-15(22)9-11-16;1-2-8-6-4-3-5-7-8;1-4-7(5-2)6-3;1-3-5-4-2;2*1-3-4-2;1-3-2;1-2(3)4;1-2/h7-14,20-21H,1-6H3,(H,25,27);6-13,18-19H,23H2,1-5H3;3-7H,2H2,1H3;4-6H2,1-3H3;3,5H,4H2,1-2H3;3-4H2,1-2H3;3-4H,1-2H3;3H2,1-2H3;1H3;1-2H3/t20-,21-;18-,19-;;;;;;;;/m11......../s1. The van der Waals surface area contributed by atoms with Gasteiger partial charge in [0.05, 0.1) is 12.1 Å². The van der Waals surface area contributed by atoms with Crippen LogP contribution in [0.4, 0.5) is 20.2 Å². The van der Waals surface area contributed by atoms with Crippen molar-refractivity contribution in [2.75, 3.05) is 29.4 Å². The molecule has 2 heterocycles. The highest BCUT2D eigenvalue weighted by Crippen LogP contribution is 2.43. The normalized spacial score (nSPS) is 15.4. The van der Waals surface area contributed by atoms with Crippen molar-refractivity contribution in [3.05, 3.63) is 180 Å². The summed E-state index contributed by atoms with van der Waals surface area (Å²) in [5.41, 5.74) is 10.5. The summed E-state index contributed by atoms with van der Waals surface area (Å²) in [6.07, 6.45) is 14.4. The number of anilines is 2. The molecule has 16 heteroatoms. The van der Waals surface area contributed by atoms with E-state index in [-0.39, 0.29) is 56.8 Å². The molecule has 94 heavy (non-hydrogen) atoms. The molecule has 0 radical (unpaired) electrons. The van der Waals surface area contributed by atoms with Crippen LogP contribution >= 0.6 is 11.6 Å². The van der Waals surface area contributed by atoms with E-state index in [1.54, 1.807) is 34.1 Å². The molecule has 11 nitrogen and oxygen atoms in total. The fourth-order valence-electron chi connectivity index (χ4n) is 7.82. The average Bonchev–Trinajstić information content (AvgIpc) is 0.753. The summed E-state index contributed by atoms with van der Waals surface area (Å²) in [5.74, 6) is 0.276. The number of β-lactam (4-membered cyclic amide) rings is 2. The number of allylic oxidation sites excluding steroid dienone is 4. The van der Waals surface area contributed by atoms with Gasteiger partial charge in [-0.15, -0.1) is 0 Å². The molecule has 0 saturated carbocycles. The molecule has 528 valence electrons. The number of rotatable bonds is 15. The first-order valence-electron chi connectivity index (χ1n) is 34.0. The Labute approximate surface area is 578 Å². The van der Waals surface area contributed by atoms with Gasteiger partial charge in [0.15, 0.2) is 0 Å². The number of unbranched alkanes of at least 4 members (excludes halogenated alkanes) is 1. The summed E-state index contributed by atoms with van der Waals surface area (Å²) in [4.78, 5) is 51.4. The summed E-state index contributed by atoms with van der Waals surface area (Å²) in [6.45, 7) is 57.7. The van der Waals surface area contributed by atoms with Crippen LogP contribution < -0.4 is 29.7 Å². The van der Waals surface area contributed by atoms with Crippen LogP contribution in [0.3, 0.4) is 0 Å². The third kappa shape index (κ3) is 34.4. The van der Waals surface area contributed by atoms with Gasteiger partial charge in [0.2, 0.25) is 33.7 Å². The van der Waals surface area contributed by atoms with Crippen LogP contribution in [-0.2, 0) is 25.6 Å². The van der Waals surface area contributed by atoms with Crippen molar-refractivity contribution in [2.24, 2.45) is 5.73 Å². The van der Waals surface area contributed by atoms with Crippen molar-refractivity contribution < 1.29 is 36.8 Å². The van der Waals surface area contributed by atoms with Crippen molar-refractivity contribution in [1.82, 2.24) is 10.2 Å². The largest absolute Gasteiger partial charge is 0.544 e. The lowest BCUT2D eigenvalue weighted by molar-refractivity contribution is -0.132. The Morgan fingerprint density at radius 1 is 0.574 bits per heavy atom. The molecular weight excluding hydrogens is 1230 g/mol. The van der Waals surface area contributed by atoms with Crippen molar-refractivity contribution >= 4 is 62.6 Å². The minimum absolute atomic E-state index is 0.0853. The smallest absolute Gasteiger partial charge is 0.252 e. The van der Waals surface area contributed by atoms with E-state index in [0.29, 0.717) is 11.4 Å². The van der Waals surface area contributed by atoms with E-state index in [1.165, 1.54) is 82.6 Å². The minimum atomic E-state index is -1.96. The molecule has 5 aromatic rings. The fraction of sp³-hybridized carbons (Fsp3) is 0.513. The topological polar surface area (TPSA) is 135 Å². The van der Waals surface area contributed by atoms with Gasteiger partial charge in [0.25, 0.3) is 5.91 Å². The molecule has 0 bridgehead atoms. The van der Waals surface area contributed by atoms with Crippen LogP contribution in [0.5, 0.6) is 11.5 Å². The Kier molecular flexibility index (Phi) is 48.2. The van der Waals surface area contributed by atoms with E-state index in [0.717, 1.165) is 35.5 Å². The number of amides is 3. The van der Waals surface area contributed by atoms with Crippen molar-refractivity contribution in [3.8, 4) is 11.5 Å². The number of hydrogen-bond acceptors (Lipinski definition) is 8. The molecule has 5 aromatic carbocycles. The van der Waals surface area contributed by atoms with E-state index in [4.69, 9.17) is 14.6 Å². The highest BCUT2D eigenvalue weighted by atomic mass is 35.5. The molecule has 2 aliphatic heterocycles. The van der Waals surface area contributed by atoms with E-state index in [1.807, 2.05) is 101 Å². The molecule has 0 spiro atoms. The van der Waals surface area contributed by atoms with Crippen molar-refractivity contribution in [1.29, 1.82) is 0 Å². The highest BCUT2D eigenvalue weighted by Gasteiger charge is 2.50. The van der Waals surface area contributed by atoms with E-state index in [9.17, 15) is 28.0 Å². The Bertz CT molecular complexity index is 2840. The van der Waals surface area contributed by atoms with Gasteiger partial charge in [-0.3, -0.25) is 19.2 Å². The molecule has 0 aliphatic carbocycles. The molecule has 2 aliphatic rings. The van der Waals surface area contributed by atoms with Crippen LogP contribution in [0, 0.1) is 11.6 Å². The number of benzene rings is 5. The second-order valence-electron chi connectivity index (χ2n) is 25.1. The molecule has 3 amide bonds. The van der Waals surface area contributed by atoms with Gasteiger partial charge < -0.3 is 34.6 Å². The van der Waals surface area contributed by atoms with Gasteiger partial charge in [0.1, 0.15) is 35.2 Å². The zero-order valence-electron chi connectivity index (χ0n) is 62.9. The number of nitrogens with zero attached hydrogens (tertiary/aromatic N) is 3. The quantitative estimate of drug-likeness (QED) is 0.0458. The highest BCUT2D eigenvalue weighted by molar-refractivity contribution is 6.75. The second kappa shape index (κ2) is 49.3. The zero-order valence-corrected chi connectivity index (χ0v) is 65.7. The number of carbonyl (C=O) groups is 4. The first-order valence-corrected chi connectivity index (χ1v) is 40.2. The van der Waals surface area contributed by atoms with Gasteiger partial charge in [0, 0.05) is 25.2 Å². The lowest BCUT2D eigenvalue weighted by Crippen LogP contribution is -2.65. The Morgan fingerprint density at radius 2 is 0.915 bits per heavy atom. The van der Waals surface area contributed by atoms with Crippen LogP contribution in [0.15, 0.2) is 152 Å². The number of halogens is 3. The third-order valence-electron chi connectivity index (χ3n) is 15.5. The van der Waals surface area contributed by atoms with Crippen LogP contribution in [-0.4, -0.2) is 76.2 Å². The maximum Gasteiger partial charge on any atom is 0.252 e. The predicted octanol–water partition coefficient (Wildman–Crippen LogP) is 21.6. The van der Waals surface area contributed by atoms with Gasteiger partial charge in [-0.05, 0) is 191 Å². The maximum atomic E-state index is 13.3. The zero-order chi connectivity index (χ0) is 73.0. The lowest BCUT2D eigenvalue weighted by atomic mass is 9.87. The summed E-state index contributed by atoms with van der Waals surface area (Å²) < 4.78 is 39.2. The molecule has 0 unspecified atom stereocenters. The lowest BCUT2D eigenvalue weighted by Gasteiger charge is -2.47. The number of aryl methyl sites for hydroxylation is 1. The first kappa shape index (κ1) is 92.0. The van der Waals surface area contributed by atoms with Gasteiger partial charge in [-0.2, -0.15) is 0 Å². The predicted molar refractivity (Wildman–Crippen MR) is 407 cm³/mol. The van der Waals surface area contributed by atoms with E-state index in [2.05, 4.69) is 188 Å². The van der Waals surface area contributed by atoms with E-state index >= 15 is 0 Å². The minimum Gasteiger partial charge on any atom is -0.544 e. The summed E-state index contributed by atoms with van der Waals surface area (Å²) in [7, 11) is -3.86. The van der Waals surface area contributed by atoms with Gasteiger partial charge in [-0.1, -0.05) is 216 Å². The number of carbonyl (C=O) groups excluding carboxylic acids is 4. The summed E-state index contributed by atoms with van der Waals surface area (Å²) in [6, 6.07) is 35.7. The Hall–Kier alpha value is -6.24. The molecule has 3 N–H and O–H groups in total. The van der Waals surface area contributed by atoms with Crippen molar-refractivity contribution in [3.63, 3.8) is 0 Å². The molecule has 2 saturated heterocycles. The first-order chi connectivity index (χ1) is 44.1. The molecule has 2 fully saturated rings. The number of nitrogens with two attached hydrogens (primary N) is 1. The van der Waals surface area contributed by atoms with E-state index < -0.39 is 28.7 Å². The van der Waals surface area contributed by atoms with Crippen LogP contribution in [0.1, 0.15) is 207 Å². The van der Waals surface area contributed by atoms with Gasteiger partial charge >= 0.3 is 0 Å². The molecular formula is C78H126ClF2N5O6Si2. The second-order valence-corrected chi connectivity index (χ2v) is 35.1. The average molecular weight is 1360 g/mol. The van der Waals surface area contributed by atoms with Gasteiger partial charge in [-0.25, -0.2) is 8.78 Å². The number of nitrogens with one attached hydrogen (secondary N) is 1. The number of hydrogen-bond donors (Lipinski definition) is 2. The maximum absolute atomic E-state index is 13.3. The SMILES string of the molecule is CC.CC(=O)Cl.CC(=O)N[C@H]1C(=O)N(c2ccc(F)cc2)[C@@H]1c1ccc(O[Si](C)(C)C(C)(C)C)cc1.CC(C)(C)[Si](C)(C)Oc1ccc([C@@H]2[C@@H](N)C(=O)N2c2ccc(F)cc2)cc1.CC=CC.CC=CCC.CCC.CCCC.CCN(CC)CC.CCc1ccccc1. The van der Waals surface area contributed by atoms with Crippen LogP contribution in [0.25, 0.3) is 0 Å². The Balaban J connectivity index is -0.00000116. The monoisotopic (exact) mass is 1360 g/mol. The summed E-state index contributed by atoms with van der Waals surface area (Å²) in [5, 5.41) is 2.58. The summed E-state index contributed by atoms with van der Waals surface area (Å²) >= 11 is 4.64. The molecule has 4 atom stereocenters. The van der Waals surface area contributed by atoms with Crippen LogP contribution in [0.2, 0.25) is 36.3 Å². The molecule has 0 aromatic heterocycles. The van der Waals surface area contributed by atoms with Crippen molar-refractivity contribution in [2.45, 2.75) is 245 Å². The third-order valence-corrected chi connectivity index (χ3v) is 24.2. The fourth-order valence-corrected chi connectivity index (χ4v) is 9.88. The molecule has 7 rings (SSSR count).